The van der Waals surface area contributed by atoms with Crippen molar-refractivity contribution in [2.24, 2.45) is 7.05 Å². The highest BCUT2D eigenvalue weighted by molar-refractivity contribution is 5.70. The number of aromatic nitrogens is 2. The van der Waals surface area contributed by atoms with Crippen LogP contribution in [0.3, 0.4) is 0 Å². The first-order valence-electron chi connectivity index (χ1n) is 5.29. The maximum atomic E-state index is 12.7. The summed E-state index contributed by atoms with van der Waals surface area (Å²) < 4.78 is 32.0. The number of rotatable bonds is 3. The molecule has 0 atom stereocenters. The van der Waals surface area contributed by atoms with Gasteiger partial charge in [-0.1, -0.05) is 0 Å². The number of ether oxygens (including phenoxy) is 1. The second-order valence-corrected chi connectivity index (χ2v) is 3.84. The molecular formula is C12H13F2N3O. The van der Waals surface area contributed by atoms with Crippen LogP contribution in [0.5, 0.6) is 5.75 Å². The van der Waals surface area contributed by atoms with E-state index in [9.17, 15) is 8.78 Å². The Morgan fingerprint density at radius 3 is 2.56 bits per heavy atom. The Morgan fingerprint density at radius 1 is 1.33 bits per heavy atom. The monoisotopic (exact) mass is 253 g/mol. The minimum absolute atomic E-state index is 0.0741. The van der Waals surface area contributed by atoms with Gasteiger partial charge in [-0.2, -0.15) is 5.10 Å². The molecule has 0 saturated carbocycles. The molecule has 0 aliphatic rings. The summed E-state index contributed by atoms with van der Waals surface area (Å²) in [6.45, 7) is 0. The minimum Gasteiger partial charge on any atom is -0.496 e. The van der Waals surface area contributed by atoms with E-state index in [0.717, 1.165) is 0 Å². The van der Waals surface area contributed by atoms with Gasteiger partial charge in [-0.3, -0.25) is 4.68 Å². The molecule has 2 N–H and O–H groups in total. The van der Waals surface area contributed by atoms with E-state index < -0.39 is 6.43 Å². The number of benzene rings is 1. The molecule has 1 aromatic heterocycles. The Labute approximate surface area is 103 Å². The van der Waals surface area contributed by atoms with E-state index in [1.807, 2.05) is 0 Å². The lowest BCUT2D eigenvalue weighted by atomic mass is 10.1. The van der Waals surface area contributed by atoms with E-state index in [1.54, 1.807) is 13.1 Å². The highest BCUT2D eigenvalue weighted by atomic mass is 19.3. The van der Waals surface area contributed by atoms with E-state index >= 15 is 0 Å². The molecule has 2 rings (SSSR count). The SMILES string of the molecule is COc1ccc(C(F)F)cc1-c1cc(N)n(C)n1. The average Bonchev–Trinajstić information content (AvgIpc) is 2.68. The van der Waals surface area contributed by atoms with Gasteiger partial charge >= 0.3 is 0 Å². The number of nitrogens with zero attached hydrogens (tertiary/aromatic N) is 2. The molecule has 0 aliphatic heterocycles. The molecule has 0 amide bonds. The number of methoxy groups -OCH3 is 1. The highest BCUT2D eigenvalue weighted by Crippen LogP contribution is 2.33. The van der Waals surface area contributed by atoms with Crippen molar-refractivity contribution in [3.05, 3.63) is 29.8 Å². The van der Waals surface area contributed by atoms with Crippen LogP contribution in [-0.4, -0.2) is 16.9 Å². The third-order valence-electron chi connectivity index (χ3n) is 2.67. The van der Waals surface area contributed by atoms with Crippen molar-refractivity contribution < 1.29 is 13.5 Å². The maximum absolute atomic E-state index is 12.7. The van der Waals surface area contributed by atoms with Crippen LogP contribution in [0.25, 0.3) is 11.3 Å². The first kappa shape index (κ1) is 12.3. The quantitative estimate of drug-likeness (QED) is 0.914. The van der Waals surface area contributed by atoms with Crippen molar-refractivity contribution in [1.29, 1.82) is 0 Å². The summed E-state index contributed by atoms with van der Waals surface area (Å²) >= 11 is 0. The van der Waals surface area contributed by atoms with Crippen molar-refractivity contribution in [3.63, 3.8) is 0 Å². The Morgan fingerprint density at radius 2 is 2.06 bits per heavy atom. The molecule has 1 heterocycles. The van der Waals surface area contributed by atoms with Crippen LogP contribution in [0.15, 0.2) is 24.3 Å². The van der Waals surface area contributed by atoms with E-state index in [-0.39, 0.29) is 5.56 Å². The number of nitrogen functional groups attached to an aromatic ring is 1. The van der Waals surface area contributed by atoms with Gasteiger partial charge in [0.15, 0.2) is 0 Å². The van der Waals surface area contributed by atoms with Crippen LogP contribution in [0.1, 0.15) is 12.0 Å². The zero-order chi connectivity index (χ0) is 13.3. The van der Waals surface area contributed by atoms with Gasteiger partial charge in [0.1, 0.15) is 11.6 Å². The molecule has 0 bridgehead atoms. The molecule has 4 nitrogen and oxygen atoms in total. The second kappa shape index (κ2) is 4.64. The third-order valence-corrected chi connectivity index (χ3v) is 2.67. The van der Waals surface area contributed by atoms with Gasteiger partial charge in [0.2, 0.25) is 0 Å². The van der Waals surface area contributed by atoms with Gasteiger partial charge in [0.25, 0.3) is 6.43 Å². The maximum Gasteiger partial charge on any atom is 0.263 e. The molecule has 6 heteroatoms. The number of anilines is 1. The number of aryl methyl sites for hydroxylation is 1. The number of hydrogen-bond donors (Lipinski definition) is 1. The van der Waals surface area contributed by atoms with Crippen LogP contribution in [-0.2, 0) is 7.05 Å². The first-order valence-corrected chi connectivity index (χ1v) is 5.29. The summed E-state index contributed by atoms with van der Waals surface area (Å²) in [6.07, 6.45) is -2.53. The summed E-state index contributed by atoms with van der Waals surface area (Å²) in [5.74, 6) is 0.937. The predicted octanol–water partition coefficient (Wildman–Crippen LogP) is 2.62. The third kappa shape index (κ3) is 2.13. The van der Waals surface area contributed by atoms with Gasteiger partial charge in [-0.25, -0.2) is 8.78 Å². The lowest BCUT2D eigenvalue weighted by Gasteiger charge is -2.08. The van der Waals surface area contributed by atoms with Crippen molar-refractivity contribution in [1.82, 2.24) is 9.78 Å². The van der Waals surface area contributed by atoms with Crippen LogP contribution in [0.4, 0.5) is 14.6 Å². The first-order chi connectivity index (χ1) is 8.52. The fraction of sp³-hybridized carbons (Fsp3) is 0.250. The molecule has 18 heavy (non-hydrogen) atoms. The number of alkyl halides is 2. The Kier molecular flexibility index (Phi) is 3.18. The lowest BCUT2D eigenvalue weighted by Crippen LogP contribution is -1.97. The smallest absolute Gasteiger partial charge is 0.263 e. The zero-order valence-electron chi connectivity index (χ0n) is 10.0. The van der Waals surface area contributed by atoms with E-state index in [2.05, 4.69) is 5.10 Å². The number of nitrogens with two attached hydrogens (primary N) is 1. The second-order valence-electron chi connectivity index (χ2n) is 3.84. The largest absolute Gasteiger partial charge is 0.496 e. The van der Waals surface area contributed by atoms with Crippen LogP contribution in [0.2, 0.25) is 0 Å². The molecule has 2 aromatic rings. The van der Waals surface area contributed by atoms with Crippen molar-refractivity contribution in [3.8, 4) is 17.0 Å². The minimum atomic E-state index is -2.53. The van der Waals surface area contributed by atoms with Gasteiger partial charge in [-0.05, 0) is 18.2 Å². The molecule has 0 fully saturated rings. The zero-order valence-corrected chi connectivity index (χ0v) is 10.0. The summed E-state index contributed by atoms with van der Waals surface area (Å²) in [6, 6.07) is 5.82. The van der Waals surface area contributed by atoms with E-state index in [0.29, 0.717) is 22.8 Å². The topological polar surface area (TPSA) is 53.1 Å². The summed E-state index contributed by atoms with van der Waals surface area (Å²) in [5.41, 5.74) is 6.62. The fourth-order valence-corrected chi connectivity index (χ4v) is 1.67. The Hall–Kier alpha value is -2.11. The number of hydrogen-bond acceptors (Lipinski definition) is 3. The number of halogens is 2. The van der Waals surface area contributed by atoms with E-state index in [1.165, 1.54) is 30.0 Å². The lowest BCUT2D eigenvalue weighted by molar-refractivity contribution is 0.151. The van der Waals surface area contributed by atoms with Crippen LogP contribution in [0, 0.1) is 0 Å². The van der Waals surface area contributed by atoms with Crippen LogP contribution < -0.4 is 10.5 Å². The Bertz CT molecular complexity index is 547. The molecule has 1 aromatic carbocycles. The molecular weight excluding hydrogens is 240 g/mol. The van der Waals surface area contributed by atoms with Gasteiger partial charge in [0.05, 0.1) is 12.8 Å². The molecule has 0 radical (unpaired) electrons. The fourth-order valence-electron chi connectivity index (χ4n) is 1.67. The summed E-state index contributed by atoms with van der Waals surface area (Å²) in [5, 5.41) is 4.16. The standard InChI is InChI=1S/C12H13F2N3O/c1-17-11(15)6-9(16-17)8-5-7(12(13)14)3-4-10(8)18-2/h3-6,12H,15H2,1-2H3. The molecule has 0 saturated heterocycles. The summed E-state index contributed by atoms with van der Waals surface area (Å²) in [4.78, 5) is 0. The van der Waals surface area contributed by atoms with Gasteiger partial charge in [0, 0.05) is 24.2 Å². The Balaban J connectivity index is 2.56. The highest BCUT2D eigenvalue weighted by Gasteiger charge is 2.15. The molecule has 0 aliphatic carbocycles. The normalized spacial score (nSPS) is 10.9. The van der Waals surface area contributed by atoms with Crippen molar-refractivity contribution in [2.75, 3.05) is 12.8 Å². The van der Waals surface area contributed by atoms with Crippen LogP contribution >= 0.6 is 0 Å². The van der Waals surface area contributed by atoms with Gasteiger partial charge < -0.3 is 10.5 Å². The molecule has 96 valence electrons. The molecule has 0 spiro atoms. The van der Waals surface area contributed by atoms with E-state index in [4.69, 9.17) is 10.5 Å². The van der Waals surface area contributed by atoms with Crippen molar-refractivity contribution >= 4 is 5.82 Å². The average molecular weight is 253 g/mol. The van der Waals surface area contributed by atoms with Gasteiger partial charge in [-0.15, -0.1) is 0 Å². The summed E-state index contributed by atoms with van der Waals surface area (Å²) in [7, 11) is 3.16. The van der Waals surface area contributed by atoms with Crippen molar-refractivity contribution in [2.45, 2.75) is 6.43 Å². The predicted molar refractivity (Wildman–Crippen MR) is 64.6 cm³/mol. The molecule has 0 unspecified atom stereocenters.